The van der Waals surface area contributed by atoms with Crippen LogP contribution in [0.1, 0.15) is 46.5 Å². The highest BCUT2D eigenvalue weighted by atomic mass is 79.9. The SMILES string of the molecule is CC(C)(C)OC(=O)NC1CCCC(Nc2cc(Br)ccc2Cl)C1. The first-order valence-electron chi connectivity index (χ1n) is 7.94. The molecule has 23 heavy (non-hydrogen) atoms. The number of amides is 1. The molecule has 6 heteroatoms. The van der Waals surface area contributed by atoms with Crippen LogP contribution in [0.15, 0.2) is 22.7 Å². The molecule has 1 amide bonds. The topological polar surface area (TPSA) is 50.4 Å². The number of nitrogens with one attached hydrogen (secondary N) is 2. The first-order valence-corrected chi connectivity index (χ1v) is 9.11. The van der Waals surface area contributed by atoms with Crippen molar-refractivity contribution in [2.24, 2.45) is 0 Å². The Morgan fingerprint density at radius 1 is 1.30 bits per heavy atom. The third kappa shape index (κ3) is 6.22. The lowest BCUT2D eigenvalue weighted by Gasteiger charge is -2.32. The average molecular weight is 404 g/mol. The van der Waals surface area contributed by atoms with Gasteiger partial charge < -0.3 is 15.4 Å². The molecule has 0 bridgehead atoms. The number of benzene rings is 1. The Balaban J connectivity index is 1.90. The molecule has 1 aliphatic carbocycles. The van der Waals surface area contributed by atoms with Crippen LogP contribution < -0.4 is 10.6 Å². The largest absolute Gasteiger partial charge is 0.444 e. The summed E-state index contributed by atoms with van der Waals surface area (Å²) in [7, 11) is 0. The van der Waals surface area contributed by atoms with Crippen molar-refractivity contribution >= 4 is 39.3 Å². The van der Waals surface area contributed by atoms with E-state index in [1.54, 1.807) is 0 Å². The minimum Gasteiger partial charge on any atom is -0.444 e. The van der Waals surface area contributed by atoms with Crippen molar-refractivity contribution in [3.05, 3.63) is 27.7 Å². The van der Waals surface area contributed by atoms with Crippen LogP contribution in [0.5, 0.6) is 0 Å². The molecule has 0 heterocycles. The Hall–Kier alpha value is -0.940. The van der Waals surface area contributed by atoms with Gasteiger partial charge in [0.25, 0.3) is 0 Å². The fourth-order valence-corrected chi connectivity index (χ4v) is 3.29. The number of halogens is 2. The van der Waals surface area contributed by atoms with Gasteiger partial charge in [0, 0.05) is 16.6 Å². The lowest BCUT2D eigenvalue weighted by Crippen LogP contribution is -2.43. The van der Waals surface area contributed by atoms with Crippen molar-refractivity contribution < 1.29 is 9.53 Å². The number of ether oxygens (including phenoxy) is 1. The molecule has 1 fully saturated rings. The van der Waals surface area contributed by atoms with Crippen LogP contribution in [-0.4, -0.2) is 23.8 Å². The summed E-state index contributed by atoms with van der Waals surface area (Å²) in [5.41, 5.74) is 0.448. The van der Waals surface area contributed by atoms with E-state index >= 15 is 0 Å². The van der Waals surface area contributed by atoms with Crippen LogP contribution in [0.2, 0.25) is 5.02 Å². The number of alkyl carbamates (subject to hydrolysis) is 1. The van der Waals surface area contributed by atoms with Gasteiger partial charge in [-0.05, 0) is 64.7 Å². The van der Waals surface area contributed by atoms with Gasteiger partial charge in [-0.1, -0.05) is 27.5 Å². The predicted molar refractivity (Wildman–Crippen MR) is 98.2 cm³/mol. The number of hydrogen-bond donors (Lipinski definition) is 2. The van der Waals surface area contributed by atoms with E-state index in [1.165, 1.54) is 0 Å². The maximum Gasteiger partial charge on any atom is 0.407 e. The Morgan fingerprint density at radius 2 is 2.00 bits per heavy atom. The van der Waals surface area contributed by atoms with Gasteiger partial charge in [-0.25, -0.2) is 4.79 Å². The first kappa shape index (κ1) is 18.4. The number of hydrogen-bond acceptors (Lipinski definition) is 3. The van der Waals surface area contributed by atoms with E-state index in [4.69, 9.17) is 16.3 Å². The number of rotatable bonds is 3. The zero-order valence-corrected chi connectivity index (χ0v) is 16.1. The summed E-state index contributed by atoms with van der Waals surface area (Å²) in [4.78, 5) is 11.9. The van der Waals surface area contributed by atoms with Crippen molar-refractivity contribution in [1.29, 1.82) is 0 Å². The van der Waals surface area contributed by atoms with E-state index in [0.717, 1.165) is 35.8 Å². The minimum atomic E-state index is -0.472. The molecule has 0 aliphatic heterocycles. The van der Waals surface area contributed by atoms with Gasteiger partial charge in [-0.3, -0.25) is 0 Å². The molecule has 0 aromatic heterocycles. The maximum absolute atomic E-state index is 11.9. The third-order valence-electron chi connectivity index (χ3n) is 3.68. The highest BCUT2D eigenvalue weighted by Crippen LogP contribution is 2.29. The van der Waals surface area contributed by atoms with Gasteiger partial charge >= 0.3 is 6.09 Å². The van der Waals surface area contributed by atoms with E-state index in [2.05, 4.69) is 26.6 Å². The zero-order chi connectivity index (χ0) is 17.0. The molecule has 2 N–H and O–H groups in total. The lowest BCUT2D eigenvalue weighted by molar-refractivity contribution is 0.0492. The molecule has 1 aliphatic rings. The first-order chi connectivity index (χ1) is 10.7. The van der Waals surface area contributed by atoms with Crippen LogP contribution >= 0.6 is 27.5 Å². The summed E-state index contributed by atoms with van der Waals surface area (Å²) in [6, 6.07) is 6.18. The van der Waals surface area contributed by atoms with Crippen LogP contribution in [-0.2, 0) is 4.74 Å². The Labute approximate surface area is 151 Å². The summed E-state index contributed by atoms with van der Waals surface area (Å²) in [6.07, 6.45) is 3.62. The highest BCUT2D eigenvalue weighted by Gasteiger charge is 2.25. The van der Waals surface area contributed by atoms with E-state index in [-0.39, 0.29) is 18.2 Å². The third-order valence-corrected chi connectivity index (χ3v) is 4.51. The minimum absolute atomic E-state index is 0.127. The smallest absolute Gasteiger partial charge is 0.407 e. The molecule has 2 rings (SSSR count). The summed E-state index contributed by atoms with van der Waals surface area (Å²) < 4.78 is 6.32. The van der Waals surface area contributed by atoms with Crippen molar-refractivity contribution in [1.82, 2.24) is 5.32 Å². The van der Waals surface area contributed by atoms with Crippen molar-refractivity contribution in [2.45, 2.75) is 64.1 Å². The monoisotopic (exact) mass is 402 g/mol. The number of carbonyl (C=O) groups is 1. The summed E-state index contributed by atoms with van der Waals surface area (Å²) in [5, 5.41) is 7.17. The standard InChI is InChI=1S/C17H24BrClN2O2/c1-17(2,3)23-16(22)21-13-6-4-5-12(10-13)20-15-9-11(18)7-8-14(15)19/h7-9,12-13,20H,4-6,10H2,1-3H3,(H,21,22). The Bertz CT molecular complexity index is 560. The second kappa shape index (κ2) is 7.75. The van der Waals surface area contributed by atoms with Gasteiger partial charge in [0.05, 0.1) is 10.7 Å². The van der Waals surface area contributed by atoms with Crippen LogP contribution in [0.3, 0.4) is 0 Å². The molecule has 2 atom stereocenters. The van der Waals surface area contributed by atoms with Gasteiger partial charge in [0.1, 0.15) is 5.60 Å². The van der Waals surface area contributed by atoms with Crippen molar-refractivity contribution in [3.63, 3.8) is 0 Å². The molecule has 0 saturated heterocycles. The maximum atomic E-state index is 11.9. The van der Waals surface area contributed by atoms with Gasteiger partial charge in [0.2, 0.25) is 0 Å². The van der Waals surface area contributed by atoms with Crippen LogP contribution in [0, 0.1) is 0 Å². The van der Waals surface area contributed by atoms with Gasteiger partial charge in [-0.2, -0.15) is 0 Å². The molecule has 0 radical (unpaired) electrons. The van der Waals surface area contributed by atoms with Crippen molar-refractivity contribution in [3.8, 4) is 0 Å². The van der Waals surface area contributed by atoms with Crippen LogP contribution in [0.4, 0.5) is 10.5 Å². The van der Waals surface area contributed by atoms with E-state index in [0.29, 0.717) is 5.02 Å². The molecular weight excluding hydrogens is 380 g/mol. The van der Waals surface area contributed by atoms with E-state index in [1.807, 2.05) is 39.0 Å². The summed E-state index contributed by atoms with van der Waals surface area (Å²) in [5.74, 6) is 0. The van der Waals surface area contributed by atoms with Crippen LogP contribution in [0.25, 0.3) is 0 Å². The lowest BCUT2D eigenvalue weighted by atomic mass is 9.91. The van der Waals surface area contributed by atoms with E-state index < -0.39 is 5.60 Å². The average Bonchev–Trinajstić information content (AvgIpc) is 2.41. The molecule has 0 spiro atoms. The molecule has 1 aromatic carbocycles. The normalized spacial score (nSPS) is 21.6. The fourth-order valence-electron chi connectivity index (χ4n) is 2.75. The molecule has 128 valence electrons. The predicted octanol–water partition coefficient (Wildman–Crippen LogP) is 5.35. The Kier molecular flexibility index (Phi) is 6.20. The molecule has 1 aromatic rings. The fraction of sp³-hybridized carbons (Fsp3) is 0.588. The zero-order valence-electron chi connectivity index (χ0n) is 13.8. The second-order valence-corrected chi connectivity index (χ2v) is 8.30. The molecule has 1 saturated carbocycles. The summed E-state index contributed by atoms with van der Waals surface area (Å²) in [6.45, 7) is 5.60. The van der Waals surface area contributed by atoms with Gasteiger partial charge in [-0.15, -0.1) is 0 Å². The number of anilines is 1. The molecule has 2 unspecified atom stereocenters. The molecular formula is C17H24BrClN2O2. The van der Waals surface area contributed by atoms with E-state index in [9.17, 15) is 4.79 Å². The Morgan fingerprint density at radius 3 is 2.70 bits per heavy atom. The molecule has 4 nitrogen and oxygen atoms in total. The van der Waals surface area contributed by atoms with Crippen molar-refractivity contribution in [2.75, 3.05) is 5.32 Å². The number of carbonyl (C=O) groups excluding carboxylic acids is 1. The highest BCUT2D eigenvalue weighted by molar-refractivity contribution is 9.10. The second-order valence-electron chi connectivity index (χ2n) is 6.98. The van der Waals surface area contributed by atoms with Gasteiger partial charge in [0.15, 0.2) is 0 Å². The summed E-state index contributed by atoms with van der Waals surface area (Å²) >= 11 is 9.70. The quantitative estimate of drug-likeness (QED) is 0.715.